The molecule has 0 aliphatic heterocycles. The molecule has 0 aromatic heterocycles. The third-order valence-electron chi connectivity index (χ3n) is 1.80. The molecule has 1 heteroatoms. The normalized spacial score (nSPS) is 14.4. The molecule has 0 aliphatic carbocycles. The largest absolute Gasteiger partial charge is 0.298 e. The maximum absolute atomic E-state index is 3.72. The van der Waals surface area contributed by atoms with Crippen LogP contribution in [0.4, 0.5) is 0 Å². The van der Waals surface area contributed by atoms with Crippen LogP contribution in [0.1, 0.15) is 20.8 Å². The van der Waals surface area contributed by atoms with Crippen molar-refractivity contribution in [2.75, 3.05) is 7.05 Å². The lowest BCUT2D eigenvalue weighted by molar-refractivity contribution is 0.241. The Bertz CT molecular complexity index is 86.6. The van der Waals surface area contributed by atoms with Crippen molar-refractivity contribution in [3.8, 4) is 0 Å². The Morgan fingerprint density at radius 1 is 1.33 bits per heavy atom. The van der Waals surface area contributed by atoms with Crippen molar-refractivity contribution in [2.45, 2.75) is 32.9 Å². The Kier molecular flexibility index (Phi) is 3.55. The van der Waals surface area contributed by atoms with Crippen LogP contribution in [0.25, 0.3) is 0 Å². The average molecular weight is 127 g/mol. The summed E-state index contributed by atoms with van der Waals surface area (Å²) < 4.78 is 0. The SMILES string of the molecule is C=CC(C)N(C)C(C)C. The number of hydrogen-bond donors (Lipinski definition) is 0. The van der Waals surface area contributed by atoms with Crippen molar-refractivity contribution in [1.29, 1.82) is 0 Å². The third kappa shape index (κ3) is 2.66. The van der Waals surface area contributed by atoms with Gasteiger partial charge in [-0.1, -0.05) is 6.08 Å². The Balaban J connectivity index is 3.71. The molecule has 9 heavy (non-hydrogen) atoms. The second-order valence-electron chi connectivity index (χ2n) is 2.74. The third-order valence-corrected chi connectivity index (χ3v) is 1.80. The highest BCUT2D eigenvalue weighted by molar-refractivity contribution is 4.83. The van der Waals surface area contributed by atoms with E-state index in [0.717, 1.165) is 0 Å². The average Bonchev–Trinajstić information content (AvgIpc) is 1.84. The summed E-state index contributed by atoms with van der Waals surface area (Å²) in [5, 5.41) is 0. The molecule has 0 N–H and O–H groups in total. The van der Waals surface area contributed by atoms with Gasteiger partial charge in [0, 0.05) is 12.1 Å². The number of likely N-dealkylation sites (N-methyl/N-ethyl adjacent to an activating group) is 1. The molecule has 0 amide bonds. The summed E-state index contributed by atoms with van der Waals surface area (Å²) in [6, 6.07) is 1.10. The van der Waals surface area contributed by atoms with Crippen molar-refractivity contribution in [3.63, 3.8) is 0 Å². The van der Waals surface area contributed by atoms with E-state index < -0.39 is 0 Å². The fourth-order valence-corrected chi connectivity index (χ4v) is 0.637. The highest BCUT2D eigenvalue weighted by Crippen LogP contribution is 2.00. The van der Waals surface area contributed by atoms with E-state index >= 15 is 0 Å². The molecule has 1 atom stereocenters. The second-order valence-corrected chi connectivity index (χ2v) is 2.74. The minimum absolute atomic E-state index is 0.491. The summed E-state index contributed by atoms with van der Waals surface area (Å²) in [6.45, 7) is 10.2. The molecule has 0 heterocycles. The molecule has 1 nitrogen and oxygen atoms in total. The van der Waals surface area contributed by atoms with Crippen molar-refractivity contribution in [3.05, 3.63) is 12.7 Å². The predicted octanol–water partition coefficient (Wildman–Crippen LogP) is 1.90. The Labute approximate surface area is 58.4 Å². The quantitative estimate of drug-likeness (QED) is 0.523. The van der Waals surface area contributed by atoms with Gasteiger partial charge in [0.1, 0.15) is 0 Å². The summed E-state index contributed by atoms with van der Waals surface area (Å²) in [4.78, 5) is 2.27. The van der Waals surface area contributed by atoms with E-state index in [1.165, 1.54) is 0 Å². The fourth-order valence-electron chi connectivity index (χ4n) is 0.637. The van der Waals surface area contributed by atoms with Crippen LogP contribution in [0.5, 0.6) is 0 Å². The lowest BCUT2D eigenvalue weighted by atomic mass is 10.2. The first-order valence-electron chi connectivity index (χ1n) is 3.44. The minimum Gasteiger partial charge on any atom is -0.298 e. The van der Waals surface area contributed by atoms with Crippen LogP contribution in [0.15, 0.2) is 12.7 Å². The van der Waals surface area contributed by atoms with Crippen LogP contribution in [0.2, 0.25) is 0 Å². The van der Waals surface area contributed by atoms with Gasteiger partial charge in [-0.25, -0.2) is 0 Å². The van der Waals surface area contributed by atoms with Gasteiger partial charge in [-0.3, -0.25) is 4.90 Å². The molecule has 0 saturated heterocycles. The minimum atomic E-state index is 0.491. The van der Waals surface area contributed by atoms with Gasteiger partial charge in [-0.05, 0) is 27.8 Å². The monoisotopic (exact) mass is 127 g/mol. The van der Waals surface area contributed by atoms with E-state index in [9.17, 15) is 0 Å². The maximum atomic E-state index is 3.72. The van der Waals surface area contributed by atoms with Crippen molar-refractivity contribution < 1.29 is 0 Å². The van der Waals surface area contributed by atoms with E-state index in [2.05, 4.69) is 39.3 Å². The Hall–Kier alpha value is -0.300. The Morgan fingerprint density at radius 3 is 1.89 bits per heavy atom. The van der Waals surface area contributed by atoms with Crippen LogP contribution in [-0.4, -0.2) is 24.0 Å². The molecule has 0 aromatic carbocycles. The molecule has 0 aromatic rings. The van der Waals surface area contributed by atoms with Gasteiger partial charge in [0.05, 0.1) is 0 Å². The van der Waals surface area contributed by atoms with Crippen molar-refractivity contribution in [1.82, 2.24) is 4.90 Å². The lowest BCUT2D eigenvalue weighted by Crippen LogP contribution is -2.33. The van der Waals surface area contributed by atoms with Gasteiger partial charge < -0.3 is 0 Å². The van der Waals surface area contributed by atoms with E-state index in [4.69, 9.17) is 0 Å². The predicted molar refractivity (Wildman–Crippen MR) is 42.6 cm³/mol. The summed E-state index contributed by atoms with van der Waals surface area (Å²) >= 11 is 0. The van der Waals surface area contributed by atoms with E-state index in [0.29, 0.717) is 12.1 Å². The second kappa shape index (κ2) is 3.67. The van der Waals surface area contributed by atoms with Crippen LogP contribution in [-0.2, 0) is 0 Å². The van der Waals surface area contributed by atoms with Gasteiger partial charge in [0.15, 0.2) is 0 Å². The first-order valence-corrected chi connectivity index (χ1v) is 3.44. The first-order chi connectivity index (χ1) is 4.09. The van der Waals surface area contributed by atoms with Gasteiger partial charge in [-0.15, -0.1) is 6.58 Å². The topological polar surface area (TPSA) is 3.24 Å². The zero-order valence-electron chi connectivity index (χ0n) is 6.89. The molecule has 0 aliphatic rings. The van der Waals surface area contributed by atoms with Gasteiger partial charge >= 0.3 is 0 Å². The van der Waals surface area contributed by atoms with Gasteiger partial charge in [0.2, 0.25) is 0 Å². The summed E-state index contributed by atoms with van der Waals surface area (Å²) in [6.07, 6.45) is 1.96. The van der Waals surface area contributed by atoms with Crippen LogP contribution < -0.4 is 0 Å². The smallest absolute Gasteiger partial charge is 0.0246 e. The number of rotatable bonds is 3. The molecule has 0 saturated carbocycles. The highest BCUT2D eigenvalue weighted by atomic mass is 15.1. The summed E-state index contributed by atoms with van der Waals surface area (Å²) in [5.41, 5.74) is 0. The molecular formula is C8H17N. The van der Waals surface area contributed by atoms with Crippen molar-refractivity contribution >= 4 is 0 Å². The van der Waals surface area contributed by atoms with E-state index in [-0.39, 0.29) is 0 Å². The first kappa shape index (κ1) is 8.70. The molecule has 0 fully saturated rings. The fraction of sp³-hybridized carbons (Fsp3) is 0.750. The maximum Gasteiger partial charge on any atom is 0.0246 e. The van der Waals surface area contributed by atoms with Gasteiger partial charge in [-0.2, -0.15) is 0 Å². The zero-order chi connectivity index (χ0) is 7.44. The molecule has 0 spiro atoms. The molecule has 0 radical (unpaired) electrons. The molecule has 54 valence electrons. The molecule has 1 unspecified atom stereocenters. The van der Waals surface area contributed by atoms with Gasteiger partial charge in [0.25, 0.3) is 0 Å². The summed E-state index contributed by atoms with van der Waals surface area (Å²) in [7, 11) is 2.11. The zero-order valence-corrected chi connectivity index (χ0v) is 6.89. The number of nitrogens with zero attached hydrogens (tertiary/aromatic N) is 1. The summed E-state index contributed by atoms with van der Waals surface area (Å²) in [5.74, 6) is 0. The van der Waals surface area contributed by atoms with Crippen LogP contribution >= 0.6 is 0 Å². The number of hydrogen-bond acceptors (Lipinski definition) is 1. The van der Waals surface area contributed by atoms with E-state index in [1.807, 2.05) is 6.08 Å². The van der Waals surface area contributed by atoms with E-state index in [1.54, 1.807) is 0 Å². The molecule has 0 rings (SSSR count). The Morgan fingerprint density at radius 2 is 1.78 bits per heavy atom. The standard InChI is InChI=1S/C8H17N/c1-6-8(4)9(5)7(2)3/h6-8H,1H2,2-5H3. The lowest BCUT2D eigenvalue weighted by Gasteiger charge is -2.25. The highest BCUT2D eigenvalue weighted by Gasteiger charge is 2.06. The van der Waals surface area contributed by atoms with Crippen LogP contribution in [0, 0.1) is 0 Å². The van der Waals surface area contributed by atoms with Crippen LogP contribution in [0.3, 0.4) is 0 Å². The molecular weight excluding hydrogens is 110 g/mol. The molecule has 0 bridgehead atoms. The van der Waals surface area contributed by atoms with Crippen molar-refractivity contribution in [2.24, 2.45) is 0 Å².